The Hall–Kier alpha value is -1.70. The molecule has 0 N–H and O–H groups in total. The van der Waals surface area contributed by atoms with Crippen molar-refractivity contribution in [3.8, 4) is 0 Å². The van der Waals surface area contributed by atoms with E-state index in [0.29, 0.717) is 0 Å². The molecule has 0 amide bonds. The van der Waals surface area contributed by atoms with Gasteiger partial charge in [-0.15, -0.1) is 0 Å². The highest BCUT2D eigenvalue weighted by Gasteiger charge is 2.18. The second-order valence-corrected chi connectivity index (χ2v) is 3.66. The van der Waals surface area contributed by atoms with Gasteiger partial charge in [0.15, 0.2) is 5.78 Å². The van der Waals surface area contributed by atoms with Gasteiger partial charge < -0.3 is 0 Å². The zero-order chi connectivity index (χ0) is 10.8. The third-order valence-corrected chi connectivity index (χ3v) is 2.50. The minimum atomic E-state index is -0.263. The summed E-state index contributed by atoms with van der Waals surface area (Å²) >= 11 is 0. The van der Waals surface area contributed by atoms with Gasteiger partial charge in [0.1, 0.15) is 5.82 Å². The number of allylic oxidation sites excluding steroid dienone is 3. The van der Waals surface area contributed by atoms with Crippen molar-refractivity contribution >= 4 is 11.9 Å². The third-order valence-electron chi connectivity index (χ3n) is 2.50. The summed E-state index contributed by atoms with van der Waals surface area (Å²) in [5.41, 5.74) is 1.62. The Morgan fingerprint density at radius 2 is 1.93 bits per heavy atom. The molecule has 2 heteroatoms. The number of hydrogen-bond acceptors (Lipinski definition) is 1. The molecule has 0 saturated carbocycles. The van der Waals surface area contributed by atoms with Crippen LogP contribution in [-0.2, 0) is 4.79 Å². The van der Waals surface area contributed by atoms with Crippen molar-refractivity contribution in [2.24, 2.45) is 5.92 Å². The number of halogens is 1. The van der Waals surface area contributed by atoms with Crippen LogP contribution in [0.1, 0.15) is 12.5 Å². The Morgan fingerprint density at radius 1 is 1.27 bits per heavy atom. The third kappa shape index (κ3) is 2.04. The average Bonchev–Trinajstić information content (AvgIpc) is 2.53. The molecule has 15 heavy (non-hydrogen) atoms. The van der Waals surface area contributed by atoms with E-state index < -0.39 is 0 Å². The summed E-state index contributed by atoms with van der Waals surface area (Å²) in [7, 11) is 0. The SMILES string of the molecule is C[C@H]1C=CC(=O)/C1=C/c1ccc(F)cc1. The number of hydrogen-bond donors (Lipinski definition) is 0. The van der Waals surface area contributed by atoms with Gasteiger partial charge in [-0.05, 0) is 29.8 Å². The molecule has 1 nitrogen and oxygen atoms in total. The molecule has 1 atom stereocenters. The van der Waals surface area contributed by atoms with Crippen molar-refractivity contribution in [1.82, 2.24) is 0 Å². The summed E-state index contributed by atoms with van der Waals surface area (Å²) in [5, 5.41) is 0. The minimum Gasteiger partial charge on any atom is -0.290 e. The first-order chi connectivity index (χ1) is 7.16. The largest absolute Gasteiger partial charge is 0.290 e. The Morgan fingerprint density at radius 3 is 2.47 bits per heavy atom. The summed E-state index contributed by atoms with van der Waals surface area (Å²) in [6, 6.07) is 6.12. The molecule has 1 aliphatic carbocycles. The van der Waals surface area contributed by atoms with Crippen molar-refractivity contribution in [3.05, 3.63) is 53.4 Å². The van der Waals surface area contributed by atoms with Gasteiger partial charge in [-0.3, -0.25) is 4.79 Å². The molecular weight excluding hydrogens is 191 g/mol. The van der Waals surface area contributed by atoms with Crippen LogP contribution in [0, 0.1) is 11.7 Å². The van der Waals surface area contributed by atoms with E-state index in [9.17, 15) is 9.18 Å². The summed E-state index contributed by atoms with van der Waals surface area (Å²) < 4.78 is 12.7. The van der Waals surface area contributed by atoms with E-state index in [1.807, 2.05) is 19.1 Å². The second-order valence-electron chi connectivity index (χ2n) is 3.66. The maximum atomic E-state index is 12.7. The fraction of sp³-hybridized carbons (Fsp3) is 0.154. The van der Waals surface area contributed by atoms with Crippen molar-refractivity contribution in [2.45, 2.75) is 6.92 Å². The molecule has 0 aliphatic heterocycles. The smallest absolute Gasteiger partial charge is 0.182 e. The van der Waals surface area contributed by atoms with Crippen molar-refractivity contribution in [1.29, 1.82) is 0 Å². The van der Waals surface area contributed by atoms with E-state index in [2.05, 4.69) is 0 Å². The monoisotopic (exact) mass is 202 g/mol. The van der Waals surface area contributed by atoms with E-state index >= 15 is 0 Å². The first-order valence-electron chi connectivity index (χ1n) is 4.86. The highest BCUT2D eigenvalue weighted by Crippen LogP contribution is 2.23. The van der Waals surface area contributed by atoms with Gasteiger partial charge in [-0.2, -0.15) is 0 Å². The topological polar surface area (TPSA) is 17.1 Å². The summed E-state index contributed by atoms with van der Waals surface area (Å²) in [6.45, 7) is 1.97. The van der Waals surface area contributed by atoms with E-state index in [1.165, 1.54) is 12.1 Å². The molecule has 0 unspecified atom stereocenters. The van der Waals surface area contributed by atoms with Crippen molar-refractivity contribution in [3.63, 3.8) is 0 Å². The lowest BCUT2D eigenvalue weighted by Crippen LogP contribution is -1.98. The van der Waals surface area contributed by atoms with E-state index in [-0.39, 0.29) is 17.5 Å². The summed E-state index contributed by atoms with van der Waals surface area (Å²) in [4.78, 5) is 11.4. The standard InChI is InChI=1S/C13H11FO/c1-9-2-7-13(15)12(9)8-10-3-5-11(14)6-4-10/h2-9H,1H3/b12-8+/t9-/m0/s1. The number of ketones is 1. The fourth-order valence-electron chi connectivity index (χ4n) is 1.60. The molecule has 0 saturated heterocycles. The van der Waals surface area contributed by atoms with Crippen LogP contribution < -0.4 is 0 Å². The van der Waals surface area contributed by atoms with Crippen LogP contribution >= 0.6 is 0 Å². The molecule has 0 radical (unpaired) electrons. The van der Waals surface area contributed by atoms with Gasteiger partial charge in [0.25, 0.3) is 0 Å². The van der Waals surface area contributed by atoms with E-state index in [0.717, 1.165) is 11.1 Å². The normalized spacial score (nSPS) is 22.7. The van der Waals surface area contributed by atoms with Crippen LogP contribution in [0.3, 0.4) is 0 Å². The first-order valence-corrected chi connectivity index (χ1v) is 4.86. The summed E-state index contributed by atoms with van der Waals surface area (Å²) in [6.07, 6.45) is 5.27. The number of carbonyl (C=O) groups is 1. The zero-order valence-corrected chi connectivity index (χ0v) is 8.41. The molecule has 76 valence electrons. The van der Waals surface area contributed by atoms with Gasteiger partial charge in [0.2, 0.25) is 0 Å². The van der Waals surface area contributed by atoms with E-state index in [1.54, 1.807) is 18.2 Å². The molecule has 1 aliphatic rings. The van der Waals surface area contributed by atoms with Crippen LogP contribution in [0.2, 0.25) is 0 Å². The molecule has 1 aromatic carbocycles. The van der Waals surface area contributed by atoms with Gasteiger partial charge in [-0.25, -0.2) is 4.39 Å². The van der Waals surface area contributed by atoms with Gasteiger partial charge >= 0.3 is 0 Å². The fourth-order valence-corrected chi connectivity index (χ4v) is 1.60. The lowest BCUT2D eigenvalue weighted by molar-refractivity contribution is -0.111. The molecule has 0 aromatic heterocycles. The quantitative estimate of drug-likeness (QED) is 0.640. The van der Waals surface area contributed by atoms with Crippen LogP contribution in [0.5, 0.6) is 0 Å². The Labute approximate surface area is 87.9 Å². The van der Waals surface area contributed by atoms with E-state index in [4.69, 9.17) is 0 Å². The number of carbonyl (C=O) groups excluding carboxylic acids is 1. The summed E-state index contributed by atoms with van der Waals surface area (Å²) in [5.74, 6) is -0.0598. The number of benzene rings is 1. The molecule has 0 heterocycles. The average molecular weight is 202 g/mol. The number of rotatable bonds is 1. The van der Waals surface area contributed by atoms with Crippen LogP contribution in [0.15, 0.2) is 42.0 Å². The highest BCUT2D eigenvalue weighted by molar-refractivity contribution is 6.10. The van der Waals surface area contributed by atoms with Crippen LogP contribution in [-0.4, -0.2) is 5.78 Å². The molecule has 2 rings (SSSR count). The van der Waals surface area contributed by atoms with Gasteiger partial charge in [0.05, 0.1) is 0 Å². The Kier molecular flexibility index (Phi) is 2.50. The highest BCUT2D eigenvalue weighted by atomic mass is 19.1. The Balaban J connectivity index is 2.31. The van der Waals surface area contributed by atoms with Crippen molar-refractivity contribution in [2.75, 3.05) is 0 Å². The van der Waals surface area contributed by atoms with Crippen LogP contribution in [0.25, 0.3) is 6.08 Å². The van der Waals surface area contributed by atoms with Crippen LogP contribution in [0.4, 0.5) is 4.39 Å². The minimum absolute atomic E-state index is 0.0480. The Bertz CT molecular complexity index is 440. The lowest BCUT2D eigenvalue weighted by atomic mass is 10.0. The maximum Gasteiger partial charge on any atom is 0.182 e. The first kappa shape index (κ1) is 9.84. The molecule has 1 aromatic rings. The molecule has 0 bridgehead atoms. The van der Waals surface area contributed by atoms with Gasteiger partial charge in [-0.1, -0.05) is 25.1 Å². The maximum absolute atomic E-state index is 12.7. The van der Waals surface area contributed by atoms with Crippen molar-refractivity contribution < 1.29 is 9.18 Å². The molecule has 0 spiro atoms. The zero-order valence-electron chi connectivity index (χ0n) is 8.41. The predicted molar refractivity (Wildman–Crippen MR) is 57.7 cm³/mol. The van der Waals surface area contributed by atoms with Gasteiger partial charge in [0, 0.05) is 11.5 Å². The second kappa shape index (κ2) is 3.81. The lowest BCUT2D eigenvalue weighted by Gasteiger charge is -2.02. The predicted octanol–water partition coefficient (Wildman–Crippen LogP) is 2.98. The molecular formula is C13H11FO. The molecule has 0 fully saturated rings.